The monoisotopic (exact) mass is 862 g/mol. The van der Waals surface area contributed by atoms with Crippen molar-refractivity contribution >= 4 is 24.0 Å². The van der Waals surface area contributed by atoms with Crippen LogP contribution in [0.1, 0.15) is 71.4 Å². The normalized spacial score (nSPS) is 16.4. The van der Waals surface area contributed by atoms with Gasteiger partial charge in [0.2, 0.25) is 11.5 Å². The van der Waals surface area contributed by atoms with Gasteiger partial charge in [0.1, 0.15) is 0 Å². The number of carbonyl (C=O) groups is 2. The molecule has 1 N–H and O–H groups in total. The van der Waals surface area contributed by atoms with E-state index in [4.69, 9.17) is 28.4 Å². The highest BCUT2D eigenvalue weighted by Crippen LogP contribution is 2.40. The third-order valence-corrected chi connectivity index (χ3v) is 11.4. The van der Waals surface area contributed by atoms with Crippen molar-refractivity contribution in [3.8, 4) is 34.5 Å². The molecule has 0 aromatic heterocycles. The molecule has 2 atom stereocenters. The summed E-state index contributed by atoms with van der Waals surface area (Å²) in [7, 11) is 11.5. The Hall–Kier alpha value is -5.98. The van der Waals surface area contributed by atoms with Crippen molar-refractivity contribution in [1.82, 2.24) is 20.0 Å². The topological polar surface area (TPSA) is 111 Å². The SMILES string of the molecule is COc1cc(C(=O)N(C/C(C)=C/c2ccccc2)CC2CCCN2)cc(OC)c1OC.COc1cc(C(=O)N(C/C(C)=C/c2ccccc2)CC2CCCN2C)cc(OC)c1OC. The second-order valence-corrected chi connectivity index (χ2v) is 16.1. The highest BCUT2D eigenvalue weighted by Gasteiger charge is 2.29. The summed E-state index contributed by atoms with van der Waals surface area (Å²) in [6, 6.07) is 27.9. The van der Waals surface area contributed by atoms with E-state index in [-0.39, 0.29) is 11.8 Å². The predicted octanol–water partition coefficient (Wildman–Crippen LogP) is 8.36. The van der Waals surface area contributed by atoms with E-state index in [1.54, 1.807) is 66.9 Å². The zero-order valence-electron chi connectivity index (χ0n) is 38.6. The summed E-state index contributed by atoms with van der Waals surface area (Å²) in [6.07, 6.45) is 8.71. The van der Waals surface area contributed by atoms with E-state index in [0.717, 1.165) is 61.0 Å². The van der Waals surface area contributed by atoms with Crippen LogP contribution in [0.15, 0.2) is 96.1 Å². The number of carbonyl (C=O) groups excluding carboxylic acids is 2. The van der Waals surface area contributed by atoms with Gasteiger partial charge in [0.25, 0.3) is 11.8 Å². The van der Waals surface area contributed by atoms with Gasteiger partial charge in [0, 0.05) is 49.4 Å². The molecule has 4 aromatic carbocycles. The van der Waals surface area contributed by atoms with Crippen molar-refractivity contribution < 1.29 is 38.0 Å². The molecule has 2 saturated heterocycles. The average molecular weight is 863 g/mol. The summed E-state index contributed by atoms with van der Waals surface area (Å²) in [5, 5.41) is 3.50. The molecule has 6 rings (SSSR count). The first-order chi connectivity index (χ1) is 30.5. The number of hydrogen-bond donors (Lipinski definition) is 1. The van der Waals surface area contributed by atoms with Crippen LogP contribution in [0.5, 0.6) is 34.5 Å². The zero-order valence-corrected chi connectivity index (χ0v) is 38.6. The van der Waals surface area contributed by atoms with Crippen LogP contribution < -0.4 is 33.7 Å². The van der Waals surface area contributed by atoms with Crippen LogP contribution in [0.25, 0.3) is 12.2 Å². The number of nitrogens with one attached hydrogen (secondary N) is 1. The Morgan fingerprint density at radius 3 is 1.40 bits per heavy atom. The van der Waals surface area contributed by atoms with E-state index < -0.39 is 0 Å². The van der Waals surface area contributed by atoms with Crippen LogP contribution in [0.4, 0.5) is 0 Å². The van der Waals surface area contributed by atoms with E-state index in [0.29, 0.717) is 83.9 Å². The highest BCUT2D eigenvalue weighted by molar-refractivity contribution is 5.96. The second kappa shape index (κ2) is 24.0. The van der Waals surface area contributed by atoms with Gasteiger partial charge in [-0.05, 0) is 95.1 Å². The molecule has 63 heavy (non-hydrogen) atoms. The van der Waals surface area contributed by atoms with Gasteiger partial charge in [-0.2, -0.15) is 0 Å². The van der Waals surface area contributed by atoms with Crippen molar-refractivity contribution in [3.05, 3.63) is 118 Å². The minimum Gasteiger partial charge on any atom is -0.493 e. The first-order valence-corrected chi connectivity index (χ1v) is 21.6. The van der Waals surface area contributed by atoms with Crippen LogP contribution in [-0.2, 0) is 0 Å². The molecular formula is C51H66N4O8. The average Bonchev–Trinajstić information content (AvgIpc) is 3.98. The fraction of sp³-hybridized carbons (Fsp3) is 0.412. The quantitative estimate of drug-likeness (QED) is 0.105. The molecule has 2 fully saturated rings. The fourth-order valence-electron chi connectivity index (χ4n) is 8.22. The Balaban J connectivity index is 0.000000238. The lowest BCUT2D eigenvalue weighted by atomic mass is 10.1. The van der Waals surface area contributed by atoms with Gasteiger partial charge in [0.15, 0.2) is 23.0 Å². The fourth-order valence-corrected chi connectivity index (χ4v) is 8.22. The van der Waals surface area contributed by atoms with Crippen LogP contribution in [0, 0.1) is 0 Å². The number of hydrogen-bond acceptors (Lipinski definition) is 10. The van der Waals surface area contributed by atoms with Crippen LogP contribution >= 0.6 is 0 Å². The maximum atomic E-state index is 13.7. The third-order valence-electron chi connectivity index (χ3n) is 11.4. The zero-order chi connectivity index (χ0) is 45.3. The number of likely N-dealkylation sites (tertiary alicyclic amines) is 1. The second-order valence-electron chi connectivity index (χ2n) is 16.1. The first-order valence-electron chi connectivity index (χ1n) is 21.6. The standard InChI is InChI=1S/C26H34N2O4.C25H32N2O4/c1-19(14-20-10-7-6-8-11-20)17-28(18-22-12-9-13-27(22)2)26(29)21-15-23(30-3)25(32-5)24(16-21)31-4;1-18(13-19-9-6-5-7-10-19)16-27(17-21-11-8-12-26-21)25(28)20-14-22(29-2)24(31-4)23(15-20)30-3/h6-8,10-11,14-16,22H,9,12-13,17-18H2,1-5H3;5-7,9-10,13-15,21,26H,8,11-12,16-17H2,1-4H3/b19-14+;18-13+. The van der Waals surface area contributed by atoms with Crippen molar-refractivity contribution in [2.45, 2.75) is 51.6 Å². The Morgan fingerprint density at radius 2 is 1.05 bits per heavy atom. The number of amides is 2. The number of methoxy groups -OCH3 is 6. The van der Waals surface area contributed by atoms with Crippen molar-refractivity contribution in [3.63, 3.8) is 0 Å². The molecule has 12 nitrogen and oxygen atoms in total. The minimum absolute atomic E-state index is 0.0506. The lowest BCUT2D eigenvalue weighted by molar-refractivity contribution is 0.0729. The first kappa shape index (κ1) is 48.1. The molecule has 2 unspecified atom stereocenters. The Kier molecular flexibility index (Phi) is 18.3. The number of rotatable bonds is 18. The summed E-state index contributed by atoms with van der Waals surface area (Å²) in [4.78, 5) is 33.4. The molecule has 0 bridgehead atoms. The molecule has 12 heteroatoms. The van der Waals surface area contributed by atoms with E-state index >= 15 is 0 Å². The molecule has 4 aromatic rings. The molecule has 0 spiro atoms. The Bertz CT molecular complexity index is 2100. The molecule has 2 heterocycles. The molecule has 0 radical (unpaired) electrons. The Labute approximate surface area is 374 Å². The summed E-state index contributed by atoms with van der Waals surface area (Å²) in [5.41, 5.74) is 5.53. The molecule has 2 amide bonds. The van der Waals surface area contributed by atoms with Gasteiger partial charge in [0.05, 0.1) is 42.7 Å². The number of likely N-dealkylation sites (N-methyl/N-ethyl adjacent to an activating group) is 1. The molecule has 338 valence electrons. The molecule has 2 aliphatic rings. The molecule has 0 saturated carbocycles. The summed E-state index contributed by atoms with van der Waals surface area (Å²) in [6.45, 7) is 8.61. The molecule has 0 aliphatic carbocycles. The van der Waals surface area contributed by atoms with Gasteiger partial charge in [-0.3, -0.25) is 9.59 Å². The highest BCUT2D eigenvalue weighted by atomic mass is 16.5. The van der Waals surface area contributed by atoms with Gasteiger partial charge in [-0.1, -0.05) is 84.0 Å². The van der Waals surface area contributed by atoms with Gasteiger partial charge in [-0.25, -0.2) is 0 Å². The molecule has 2 aliphatic heterocycles. The predicted molar refractivity (Wildman–Crippen MR) is 251 cm³/mol. The Morgan fingerprint density at radius 1 is 0.619 bits per heavy atom. The lowest BCUT2D eigenvalue weighted by Gasteiger charge is -2.30. The van der Waals surface area contributed by atoms with Crippen molar-refractivity contribution in [2.24, 2.45) is 0 Å². The van der Waals surface area contributed by atoms with Crippen molar-refractivity contribution in [1.29, 1.82) is 0 Å². The van der Waals surface area contributed by atoms with Crippen LogP contribution in [-0.4, -0.2) is 128 Å². The largest absolute Gasteiger partial charge is 0.493 e. The van der Waals surface area contributed by atoms with E-state index in [2.05, 4.69) is 67.5 Å². The van der Waals surface area contributed by atoms with Crippen molar-refractivity contribution in [2.75, 3.05) is 89.0 Å². The minimum atomic E-state index is -0.0613. The van der Waals surface area contributed by atoms with E-state index in [1.807, 2.05) is 46.2 Å². The lowest BCUT2D eigenvalue weighted by Crippen LogP contribution is -2.42. The van der Waals surface area contributed by atoms with Crippen LogP contribution in [0.2, 0.25) is 0 Å². The van der Waals surface area contributed by atoms with Gasteiger partial charge >= 0.3 is 0 Å². The third kappa shape index (κ3) is 13.3. The number of nitrogens with zero attached hydrogens (tertiary/aromatic N) is 3. The summed E-state index contributed by atoms with van der Waals surface area (Å²) >= 11 is 0. The molecular weight excluding hydrogens is 797 g/mol. The van der Waals surface area contributed by atoms with Gasteiger partial charge < -0.3 is 48.4 Å². The van der Waals surface area contributed by atoms with E-state index in [9.17, 15) is 9.59 Å². The van der Waals surface area contributed by atoms with Crippen LogP contribution in [0.3, 0.4) is 0 Å². The summed E-state index contributed by atoms with van der Waals surface area (Å²) < 4.78 is 32.6. The maximum Gasteiger partial charge on any atom is 0.254 e. The number of benzene rings is 4. The summed E-state index contributed by atoms with van der Waals surface area (Å²) in [5.74, 6) is 2.74. The van der Waals surface area contributed by atoms with E-state index in [1.165, 1.54) is 0 Å². The van der Waals surface area contributed by atoms with Gasteiger partial charge in [-0.15, -0.1) is 0 Å². The smallest absolute Gasteiger partial charge is 0.254 e. The number of ether oxygens (including phenoxy) is 6. The maximum absolute atomic E-state index is 13.7.